The molecule has 2 aliphatic heterocycles. The van der Waals surface area contributed by atoms with Gasteiger partial charge in [0, 0.05) is 25.6 Å². The second kappa shape index (κ2) is 4.81. The summed E-state index contributed by atoms with van der Waals surface area (Å²) in [7, 11) is 0. The fourth-order valence-corrected chi connectivity index (χ4v) is 2.59. The van der Waals surface area contributed by atoms with E-state index in [-0.39, 0.29) is 5.60 Å². The van der Waals surface area contributed by atoms with Crippen LogP contribution in [0.25, 0.3) is 0 Å². The summed E-state index contributed by atoms with van der Waals surface area (Å²) in [6, 6.07) is 0.490. The lowest BCUT2D eigenvalue weighted by atomic mass is 9.84. The standard InChI is InChI=1S/C12H23NO2/c1-3-10(2)8-11-12(4-6-14-9-12)15-7-5-13-11/h10-11,13H,3-9H2,1-2H3. The molecule has 0 radical (unpaired) electrons. The predicted molar refractivity (Wildman–Crippen MR) is 60.0 cm³/mol. The molecule has 2 fully saturated rings. The van der Waals surface area contributed by atoms with Gasteiger partial charge in [0.1, 0.15) is 5.60 Å². The highest BCUT2D eigenvalue weighted by Crippen LogP contribution is 2.32. The summed E-state index contributed by atoms with van der Waals surface area (Å²) >= 11 is 0. The highest BCUT2D eigenvalue weighted by molar-refractivity contribution is 4.99. The molecule has 0 aliphatic carbocycles. The summed E-state index contributed by atoms with van der Waals surface area (Å²) in [4.78, 5) is 0. The van der Waals surface area contributed by atoms with E-state index in [1.54, 1.807) is 0 Å². The Morgan fingerprint density at radius 1 is 1.47 bits per heavy atom. The van der Waals surface area contributed by atoms with Gasteiger partial charge in [-0.2, -0.15) is 0 Å². The van der Waals surface area contributed by atoms with Crippen molar-refractivity contribution < 1.29 is 9.47 Å². The van der Waals surface area contributed by atoms with Crippen molar-refractivity contribution in [1.82, 2.24) is 5.32 Å². The van der Waals surface area contributed by atoms with Crippen molar-refractivity contribution >= 4 is 0 Å². The average Bonchev–Trinajstić information content (AvgIpc) is 2.71. The molecule has 0 amide bonds. The predicted octanol–water partition coefficient (Wildman–Crippen LogP) is 1.57. The van der Waals surface area contributed by atoms with Gasteiger partial charge >= 0.3 is 0 Å². The SMILES string of the molecule is CCC(C)CC1NCCOC12CCOC2. The van der Waals surface area contributed by atoms with Crippen LogP contribution >= 0.6 is 0 Å². The maximum atomic E-state index is 6.00. The van der Waals surface area contributed by atoms with Crippen LogP contribution in [0.3, 0.4) is 0 Å². The van der Waals surface area contributed by atoms with Crippen LogP contribution in [0.5, 0.6) is 0 Å². The highest BCUT2D eigenvalue weighted by atomic mass is 16.6. The maximum Gasteiger partial charge on any atom is 0.109 e. The molecule has 0 aromatic heterocycles. The second-order valence-corrected chi connectivity index (χ2v) is 4.97. The van der Waals surface area contributed by atoms with Crippen molar-refractivity contribution in [3.63, 3.8) is 0 Å². The van der Waals surface area contributed by atoms with Gasteiger partial charge in [0.05, 0.1) is 13.2 Å². The molecule has 15 heavy (non-hydrogen) atoms. The van der Waals surface area contributed by atoms with E-state index in [9.17, 15) is 0 Å². The molecule has 2 heterocycles. The molecule has 3 atom stereocenters. The fraction of sp³-hybridized carbons (Fsp3) is 1.00. The number of hydrogen-bond acceptors (Lipinski definition) is 3. The van der Waals surface area contributed by atoms with Crippen LogP contribution in [0.15, 0.2) is 0 Å². The molecule has 0 saturated carbocycles. The number of nitrogens with one attached hydrogen (secondary N) is 1. The quantitative estimate of drug-likeness (QED) is 0.772. The van der Waals surface area contributed by atoms with Crippen LogP contribution in [0.4, 0.5) is 0 Å². The fourth-order valence-electron chi connectivity index (χ4n) is 2.59. The monoisotopic (exact) mass is 213 g/mol. The summed E-state index contributed by atoms with van der Waals surface area (Å²) in [6.07, 6.45) is 3.51. The van der Waals surface area contributed by atoms with E-state index in [1.807, 2.05) is 0 Å². The van der Waals surface area contributed by atoms with Crippen LogP contribution in [0, 0.1) is 5.92 Å². The summed E-state index contributed by atoms with van der Waals surface area (Å²) < 4.78 is 11.5. The summed E-state index contributed by atoms with van der Waals surface area (Å²) in [5.41, 5.74) is -0.0122. The van der Waals surface area contributed by atoms with Crippen LogP contribution in [-0.2, 0) is 9.47 Å². The van der Waals surface area contributed by atoms with E-state index in [0.29, 0.717) is 6.04 Å². The van der Waals surface area contributed by atoms with Gasteiger partial charge in [-0.05, 0) is 12.3 Å². The molecule has 0 bridgehead atoms. The first kappa shape index (κ1) is 11.4. The molecule has 3 unspecified atom stereocenters. The molecular formula is C12H23NO2. The minimum atomic E-state index is -0.0122. The van der Waals surface area contributed by atoms with E-state index < -0.39 is 0 Å². The topological polar surface area (TPSA) is 30.5 Å². The molecule has 2 saturated heterocycles. The Kier molecular flexibility index (Phi) is 3.65. The summed E-state index contributed by atoms with van der Waals surface area (Å²) in [6.45, 7) is 8.04. The lowest BCUT2D eigenvalue weighted by Crippen LogP contribution is -2.59. The van der Waals surface area contributed by atoms with Crippen molar-refractivity contribution in [2.24, 2.45) is 5.92 Å². The first-order valence-electron chi connectivity index (χ1n) is 6.22. The van der Waals surface area contributed by atoms with E-state index in [4.69, 9.17) is 9.47 Å². The minimum absolute atomic E-state index is 0.0122. The Bertz CT molecular complexity index is 202. The van der Waals surface area contributed by atoms with Crippen LogP contribution in [-0.4, -0.2) is 38.0 Å². The maximum absolute atomic E-state index is 6.00. The summed E-state index contributed by atoms with van der Waals surface area (Å²) in [5.74, 6) is 0.765. The number of rotatable bonds is 3. The Morgan fingerprint density at radius 2 is 2.33 bits per heavy atom. The van der Waals surface area contributed by atoms with Crippen molar-refractivity contribution in [3.05, 3.63) is 0 Å². The third kappa shape index (κ3) is 2.35. The van der Waals surface area contributed by atoms with Crippen LogP contribution in [0.2, 0.25) is 0 Å². The normalized spacial score (nSPS) is 38.4. The third-order valence-electron chi connectivity index (χ3n) is 3.87. The van der Waals surface area contributed by atoms with Gasteiger partial charge in [0.25, 0.3) is 0 Å². The molecule has 88 valence electrons. The van der Waals surface area contributed by atoms with Gasteiger partial charge in [0.15, 0.2) is 0 Å². The van der Waals surface area contributed by atoms with Gasteiger partial charge in [0.2, 0.25) is 0 Å². The van der Waals surface area contributed by atoms with E-state index in [2.05, 4.69) is 19.2 Å². The first-order chi connectivity index (χ1) is 7.27. The van der Waals surface area contributed by atoms with E-state index >= 15 is 0 Å². The Balaban J connectivity index is 1.99. The number of morpholine rings is 1. The van der Waals surface area contributed by atoms with Gasteiger partial charge in [-0.25, -0.2) is 0 Å². The molecule has 0 aromatic carbocycles. The lowest BCUT2D eigenvalue weighted by molar-refractivity contribution is -0.102. The molecule has 3 heteroatoms. The molecule has 2 aliphatic rings. The Hall–Kier alpha value is -0.120. The number of hydrogen-bond donors (Lipinski definition) is 1. The molecule has 1 N–H and O–H groups in total. The largest absolute Gasteiger partial charge is 0.378 e. The van der Waals surface area contributed by atoms with Crippen LogP contribution < -0.4 is 5.32 Å². The van der Waals surface area contributed by atoms with Crippen molar-refractivity contribution in [1.29, 1.82) is 0 Å². The minimum Gasteiger partial charge on any atom is -0.378 e. The Labute approximate surface area is 92.5 Å². The van der Waals surface area contributed by atoms with Gasteiger partial charge in [-0.3, -0.25) is 0 Å². The zero-order chi connectivity index (χ0) is 10.7. The van der Waals surface area contributed by atoms with Gasteiger partial charge in [-0.1, -0.05) is 20.3 Å². The molecule has 3 nitrogen and oxygen atoms in total. The van der Waals surface area contributed by atoms with Crippen LogP contribution in [0.1, 0.15) is 33.1 Å². The number of ether oxygens (including phenoxy) is 2. The smallest absolute Gasteiger partial charge is 0.109 e. The lowest BCUT2D eigenvalue weighted by Gasteiger charge is -2.42. The molecule has 1 spiro atoms. The van der Waals surface area contributed by atoms with E-state index in [1.165, 1.54) is 12.8 Å². The molecular weight excluding hydrogens is 190 g/mol. The highest BCUT2D eigenvalue weighted by Gasteiger charge is 2.45. The summed E-state index contributed by atoms with van der Waals surface area (Å²) in [5, 5.41) is 3.61. The Morgan fingerprint density at radius 3 is 3.00 bits per heavy atom. The van der Waals surface area contributed by atoms with Crippen molar-refractivity contribution in [2.75, 3.05) is 26.4 Å². The van der Waals surface area contributed by atoms with Crippen molar-refractivity contribution in [3.8, 4) is 0 Å². The molecule has 0 aromatic rings. The zero-order valence-corrected chi connectivity index (χ0v) is 9.92. The average molecular weight is 213 g/mol. The molecule has 2 rings (SSSR count). The van der Waals surface area contributed by atoms with Crippen molar-refractivity contribution in [2.45, 2.75) is 44.8 Å². The second-order valence-electron chi connectivity index (χ2n) is 4.97. The zero-order valence-electron chi connectivity index (χ0n) is 9.92. The third-order valence-corrected chi connectivity index (χ3v) is 3.87. The van der Waals surface area contributed by atoms with E-state index in [0.717, 1.165) is 38.7 Å². The van der Waals surface area contributed by atoms with Gasteiger partial charge < -0.3 is 14.8 Å². The first-order valence-corrected chi connectivity index (χ1v) is 6.22. The van der Waals surface area contributed by atoms with Gasteiger partial charge in [-0.15, -0.1) is 0 Å².